The van der Waals surface area contributed by atoms with Crippen LogP contribution in [-0.2, 0) is 0 Å². The van der Waals surface area contributed by atoms with Crippen molar-refractivity contribution in [3.05, 3.63) is 0 Å². The quantitative estimate of drug-likeness (QED) is 0.389. The highest BCUT2D eigenvalue weighted by atomic mass is 15.8. The molecule has 0 saturated heterocycles. The minimum atomic E-state index is 1.69. The van der Waals surface area contributed by atoms with Gasteiger partial charge in [0.2, 0.25) is 0 Å². The topological polar surface area (TPSA) is 39.3 Å². The predicted molar refractivity (Wildman–Crippen MR) is 29.0 cm³/mol. The first-order valence-electron chi connectivity index (χ1n) is 2.14. The maximum absolute atomic E-state index is 2.83. The van der Waals surface area contributed by atoms with Gasteiger partial charge in [-0.15, -0.1) is 0 Å². The molecule has 0 aromatic carbocycles. The molecule has 3 N–H and O–H groups in total. The van der Waals surface area contributed by atoms with Crippen molar-refractivity contribution in [1.29, 1.82) is 0 Å². The zero-order chi connectivity index (χ0) is 5.70. The van der Waals surface area contributed by atoms with Crippen molar-refractivity contribution in [1.82, 2.24) is 21.5 Å². The molecule has 0 saturated carbocycles. The van der Waals surface area contributed by atoms with Gasteiger partial charge in [0.05, 0.1) is 0 Å². The molecule has 0 aliphatic heterocycles. The molecule has 0 aliphatic rings. The highest BCUT2D eigenvalue weighted by Crippen LogP contribution is 1.51. The van der Waals surface area contributed by atoms with E-state index in [0.29, 0.717) is 0 Å². The third kappa shape index (κ3) is 3.68. The molecule has 0 aromatic rings. The lowest BCUT2D eigenvalue weighted by atomic mass is 11.3. The summed E-state index contributed by atoms with van der Waals surface area (Å²) in [5.74, 6) is 0. The van der Waals surface area contributed by atoms with Crippen LogP contribution in [-0.4, -0.2) is 26.3 Å². The van der Waals surface area contributed by atoms with Crippen molar-refractivity contribution in [3.8, 4) is 0 Å². The van der Waals surface area contributed by atoms with Crippen LogP contribution < -0.4 is 16.4 Å². The SMILES string of the molecule is CNNN(C)NC. The Morgan fingerprint density at radius 3 is 2.00 bits per heavy atom. The standard InChI is InChI=1S/C3H12N4/c1-4-6-7(3)5-2/h4-6H,1-3H3. The molecule has 0 heterocycles. The van der Waals surface area contributed by atoms with E-state index in [9.17, 15) is 0 Å². The largest absolute Gasteiger partial charge is 0.246 e. The number of nitrogens with one attached hydrogen (secondary N) is 3. The Morgan fingerprint density at radius 2 is 1.86 bits per heavy atom. The molecule has 0 rings (SSSR count). The Hall–Kier alpha value is -0.160. The monoisotopic (exact) mass is 104 g/mol. The third-order valence-electron chi connectivity index (χ3n) is 0.615. The van der Waals surface area contributed by atoms with Gasteiger partial charge in [-0.1, -0.05) is 0 Å². The Balaban J connectivity index is 2.83. The molecule has 0 aliphatic carbocycles. The maximum atomic E-state index is 2.83. The molecule has 0 amide bonds. The number of hydrazine groups is 3. The molecule has 0 aromatic heterocycles. The Labute approximate surface area is 43.8 Å². The van der Waals surface area contributed by atoms with E-state index in [1.54, 1.807) is 12.2 Å². The molecule has 4 heteroatoms. The Bertz CT molecular complexity index is 37.9. The molecule has 0 radical (unpaired) electrons. The Kier molecular flexibility index (Phi) is 3.92. The molecular formula is C3H12N4. The smallest absolute Gasteiger partial charge is 0.0188 e. The van der Waals surface area contributed by atoms with E-state index in [0.717, 1.165) is 0 Å². The lowest BCUT2D eigenvalue weighted by Gasteiger charge is -2.13. The summed E-state index contributed by atoms with van der Waals surface area (Å²) >= 11 is 0. The van der Waals surface area contributed by atoms with E-state index in [1.165, 1.54) is 0 Å². The van der Waals surface area contributed by atoms with E-state index in [2.05, 4.69) is 16.4 Å². The lowest BCUT2D eigenvalue weighted by Crippen LogP contribution is -2.48. The number of hydrogen-bond acceptors (Lipinski definition) is 4. The van der Waals surface area contributed by atoms with Crippen LogP contribution >= 0.6 is 0 Å². The minimum Gasteiger partial charge on any atom is -0.246 e. The molecule has 0 atom stereocenters. The molecule has 0 spiro atoms. The molecule has 0 bridgehead atoms. The van der Waals surface area contributed by atoms with Gasteiger partial charge in [-0.25, -0.2) is 10.9 Å². The number of rotatable bonds is 3. The van der Waals surface area contributed by atoms with Gasteiger partial charge >= 0.3 is 0 Å². The second-order valence-corrected chi connectivity index (χ2v) is 1.14. The second-order valence-electron chi connectivity index (χ2n) is 1.14. The summed E-state index contributed by atoms with van der Waals surface area (Å²) in [5, 5.41) is 1.69. The van der Waals surface area contributed by atoms with Crippen molar-refractivity contribution < 1.29 is 0 Å². The summed E-state index contributed by atoms with van der Waals surface area (Å²) in [7, 11) is 5.48. The van der Waals surface area contributed by atoms with Gasteiger partial charge in [0.25, 0.3) is 0 Å². The lowest BCUT2D eigenvalue weighted by molar-refractivity contribution is 0.145. The van der Waals surface area contributed by atoms with Crippen molar-refractivity contribution in [2.75, 3.05) is 21.1 Å². The molecule has 4 nitrogen and oxygen atoms in total. The van der Waals surface area contributed by atoms with Crippen molar-refractivity contribution in [2.24, 2.45) is 0 Å². The van der Waals surface area contributed by atoms with Gasteiger partial charge < -0.3 is 0 Å². The summed E-state index contributed by atoms with van der Waals surface area (Å²) in [6.45, 7) is 0. The average molecular weight is 104 g/mol. The van der Waals surface area contributed by atoms with Gasteiger partial charge in [0, 0.05) is 14.1 Å². The molecular weight excluding hydrogens is 92.1 g/mol. The van der Waals surface area contributed by atoms with E-state index in [4.69, 9.17) is 0 Å². The normalized spacial score (nSPS) is 10.3. The van der Waals surface area contributed by atoms with Crippen LogP contribution in [0.2, 0.25) is 0 Å². The summed E-state index contributed by atoms with van der Waals surface area (Å²) in [4.78, 5) is 0. The van der Waals surface area contributed by atoms with Gasteiger partial charge in [-0.3, -0.25) is 0 Å². The van der Waals surface area contributed by atoms with E-state index < -0.39 is 0 Å². The van der Waals surface area contributed by atoms with Crippen LogP contribution in [0.25, 0.3) is 0 Å². The number of nitrogens with zero attached hydrogens (tertiary/aromatic N) is 1. The van der Waals surface area contributed by atoms with Crippen molar-refractivity contribution >= 4 is 0 Å². The van der Waals surface area contributed by atoms with Crippen LogP contribution in [0.4, 0.5) is 0 Å². The first kappa shape index (κ1) is 6.84. The van der Waals surface area contributed by atoms with Crippen molar-refractivity contribution in [3.63, 3.8) is 0 Å². The van der Waals surface area contributed by atoms with Gasteiger partial charge in [-0.2, -0.15) is 10.7 Å². The molecule has 0 fully saturated rings. The molecule has 44 valence electrons. The summed E-state index contributed by atoms with van der Waals surface area (Å²) in [5.41, 5.74) is 8.32. The fourth-order valence-electron chi connectivity index (χ4n) is 0.224. The van der Waals surface area contributed by atoms with E-state index >= 15 is 0 Å². The van der Waals surface area contributed by atoms with Gasteiger partial charge in [0.15, 0.2) is 0 Å². The minimum absolute atomic E-state index is 1.69. The van der Waals surface area contributed by atoms with E-state index in [-0.39, 0.29) is 0 Å². The highest BCUT2D eigenvalue weighted by molar-refractivity contribution is 4.16. The van der Waals surface area contributed by atoms with Gasteiger partial charge in [0.1, 0.15) is 0 Å². The highest BCUT2D eigenvalue weighted by Gasteiger charge is 1.81. The zero-order valence-corrected chi connectivity index (χ0v) is 4.95. The van der Waals surface area contributed by atoms with Crippen LogP contribution in [0.1, 0.15) is 0 Å². The summed E-state index contributed by atoms with van der Waals surface area (Å²) in [6, 6.07) is 0. The maximum Gasteiger partial charge on any atom is 0.0188 e. The van der Waals surface area contributed by atoms with Crippen LogP contribution in [0.3, 0.4) is 0 Å². The second kappa shape index (κ2) is 4.01. The number of hydrogen-bond donors (Lipinski definition) is 3. The summed E-state index contributed by atoms with van der Waals surface area (Å²) < 4.78 is 0. The fourth-order valence-corrected chi connectivity index (χ4v) is 0.224. The predicted octanol–water partition coefficient (Wildman–Crippen LogP) is -1.31. The van der Waals surface area contributed by atoms with Crippen molar-refractivity contribution in [2.45, 2.75) is 0 Å². The Morgan fingerprint density at radius 1 is 1.29 bits per heavy atom. The van der Waals surface area contributed by atoms with E-state index in [1.807, 2.05) is 14.1 Å². The van der Waals surface area contributed by atoms with Gasteiger partial charge in [-0.05, 0) is 7.05 Å². The fraction of sp³-hybridized carbons (Fsp3) is 1.00. The van der Waals surface area contributed by atoms with Crippen LogP contribution in [0.15, 0.2) is 0 Å². The zero-order valence-electron chi connectivity index (χ0n) is 4.95. The molecule has 0 unspecified atom stereocenters. The third-order valence-corrected chi connectivity index (χ3v) is 0.615. The van der Waals surface area contributed by atoms with Crippen LogP contribution in [0.5, 0.6) is 0 Å². The summed E-state index contributed by atoms with van der Waals surface area (Å²) in [6.07, 6.45) is 0. The molecule has 7 heavy (non-hydrogen) atoms. The average Bonchev–Trinajstić information content (AvgIpc) is 1.68. The van der Waals surface area contributed by atoms with Crippen LogP contribution in [0, 0.1) is 0 Å². The first-order chi connectivity index (χ1) is 3.31. The first-order valence-corrected chi connectivity index (χ1v) is 2.14.